The van der Waals surface area contributed by atoms with E-state index in [2.05, 4.69) is 13.1 Å². The SMILES string of the molecule is [CH2]C[C]=[N+](C)C. The van der Waals surface area contributed by atoms with Crippen molar-refractivity contribution in [3.05, 3.63) is 6.92 Å². The van der Waals surface area contributed by atoms with Crippen LogP contribution in [0.15, 0.2) is 0 Å². The van der Waals surface area contributed by atoms with Crippen LogP contribution < -0.4 is 0 Å². The zero-order chi connectivity index (χ0) is 4.99. The summed E-state index contributed by atoms with van der Waals surface area (Å²) >= 11 is 0. The highest BCUT2D eigenvalue weighted by Gasteiger charge is 1.76. The van der Waals surface area contributed by atoms with Crippen LogP contribution >= 0.6 is 0 Å². The van der Waals surface area contributed by atoms with E-state index in [1.807, 2.05) is 18.7 Å². The first-order valence-electron chi connectivity index (χ1n) is 1.97. The van der Waals surface area contributed by atoms with Gasteiger partial charge in [0, 0.05) is 6.42 Å². The van der Waals surface area contributed by atoms with Gasteiger partial charge in [0.1, 0.15) is 14.1 Å². The standard InChI is InChI=1S/C5H10N/c1-4-5-6(2)3/h1,4H2,2-3H3/q+1. The molecule has 0 saturated carbocycles. The Bertz CT molecular complexity index is 51.0. The molecular formula is C5H10N+. The Morgan fingerprint density at radius 3 is 2.17 bits per heavy atom. The second-order valence-electron chi connectivity index (χ2n) is 1.30. The highest BCUT2D eigenvalue weighted by atomic mass is 14.9. The van der Waals surface area contributed by atoms with Gasteiger partial charge in [0.05, 0.1) is 0 Å². The largest absolute Gasteiger partial charge is 0.242 e. The second-order valence-corrected chi connectivity index (χ2v) is 1.30. The quantitative estimate of drug-likeness (QED) is 0.320. The van der Waals surface area contributed by atoms with Crippen molar-refractivity contribution in [2.24, 2.45) is 0 Å². The van der Waals surface area contributed by atoms with Crippen LogP contribution in [0.5, 0.6) is 0 Å². The smallest absolute Gasteiger partial charge is 0.234 e. The third-order valence-electron chi connectivity index (χ3n) is 0.428. The highest BCUT2D eigenvalue weighted by molar-refractivity contribution is 5.51. The fourth-order valence-electron chi connectivity index (χ4n) is 0.224. The molecule has 34 valence electrons. The molecule has 0 atom stereocenters. The van der Waals surface area contributed by atoms with Gasteiger partial charge in [-0.05, 0) is 6.92 Å². The highest BCUT2D eigenvalue weighted by Crippen LogP contribution is 1.60. The van der Waals surface area contributed by atoms with Crippen molar-refractivity contribution < 1.29 is 4.58 Å². The Morgan fingerprint density at radius 1 is 1.67 bits per heavy atom. The van der Waals surface area contributed by atoms with E-state index < -0.39 is 0 Å². The number of hydrogen-bond donors (Lipinski definition) is 0. The summed E-state index contributed by atoms with van der Waals surface area (Å²) in [4.78, 5) is 0. The molecule has 0 aromatic carbocycles. The lowest BCUT2D eigenvalue weighted by atomic mass is 10.5. The van der Waals surface area contributed by atoms with Crippen molar-refractivity contribution in [3.63, 3.8) is 0 Å². The zero-order valence-corrected chi connectivity index (χ0v) is 4.36. The van der Waals surface area contributed by atoms with Gasteiger partial charge in [-0.25, -0.2) is 4.58 Å². The zero-order valence-electron chi connectivity index (χ0n) is 4.36. The molecule has 0 bridgehead atoms. The summed E-state index contributed by atoms with van der Waals surface area (Å²) in [6.07, 6.45) is 3.69. The maximum absolute atomic E-state index is 3.57. The molecule has 0 aromatic rings. The molecule has 0 amide bonds. The van der Waals surface area contributed by atoms with Gasteiger partial charge in [0.25, 0.3) is 0 Å². The molecule has 0 N–H and O–H groups in total. The van der Waals surface area contributed by atoms with E-state index in [-0.39, 0.29) is 0 Å². The normalized spacial score (nSPS) is 7.83. The topological polar surface area (TPSA) is 3.01 Å². The molecule has 6 heavy (non-hydrogen) atoms. The average Bonchev–Trinajstić information content (AvgIpc) is 1.35. The molecule has 0 aliphatic carbocycles. The van der Waals surface area contributed by atoms with E-state index in [4.69, 9.17) is 0 Å². The third kappa shape index (κ3) is 3.67. The van der Waals surface area contributed by atoms with Crippen LogP contribution in [0.25, 0.3) is 0 Å². The number of nitrogens with zero attached hydrogens (tertiary/aromatic N) is 1. The van der Waals surface area contributed by atoms with Crippen LogP contribution in [-0.4, -0.2) is 24.9 Å². The van der Waals surface area contributed by atoms with Crippen LogP contribution in [0, 0.1) is 6.92 Å². The van der Waals surface area contributed by atoms with E-state index in [1.165, 1.54) is 0 Å². The van der Waals surface area contributed by atoms with Crippen LogP contribution in [0.2, 0.25) is 0 Å². The number of rotatable bonds is 1. The molecule has 0 rings (SSSR count). The fraction of sp³-hybridized carbons (Fsp3) is 0.600. The molecule has 1 nitrogen and oxygen atoms in total. The van der Waals surface area contributed by atoms with Crippen molar-refractivity contribution in [1.82, 2.24) is 0 Å². The van der Waals surface area contributed by atoms with Crippen LogP contribution in [0.1, 0.15) is 6.42 Å². The molecular weight excluding hydrogens is 74.1 g/mol. The first kappa shape index (κ1) is 5.67. The van der Waals surface area contributed by atoms with Crippen molar-refractivity contribution in [3.8, 4) is 0 Å². The van der Waals surface area contributed by atoms with Gasteiger partial charge in [-0.15, -0.1) is 0 Å². The molecule has 0 unspecified atom stereocenters. The van der Waals surface area contributed by atoms with E-state index in [0.29, 0.717) is 0 Å². The monoisotopic (exact) mass is 84.1 g/mol. The molecule has 0 heterocycles. The summed E-state index contributed by atoms with van der Waals surface area (Å²) in [6.45, 7) is 3.57. The predicted molar refractivity (Wildman–Crippen MR) is 27.1 cm³/mol. The minimum absolute atomic E-state index is 0.757. The summed E-state index contributed by atoms with van der Waals surface area (Å²) in [5.74, 6) is 0. The van der Waals surface area contributed by atoms with Crippen LogP contribution in [0.4, 0.5) is 0 Å². The van der Waals surface area contributed by atoms with Gasteiger partial charge in [-0.1, -0.05) is 0 Å². The van der Waals surface area contributed by atoms with E-state index in [1.54, 1.807) is 0 Å². The van der Waals surface area contributed by atoms with Crippen molar-refractivity contribution >= 4 is 6.21 Å². The Balaban J connectivity index is 3.14. The first-order valence-corrected chi connectivity index (χ1v) is 1.97. The average molecular weight is 84.1 g/mol. The van der Waals surface area contributed by atoms with Gasteiger partial charge >= 0.3 is 0 Å². The van der Waals surface area contributed by atoms with E-state index in [0.717, 1.165) is 6.42 Å². The minimum Gasteiger partial charge on any atom is -0.234 e. The van der Waals surface area contributed by atoms with Gasteiger partial charge in [-0.3, -0.25) is 0 Å². The summed E-state index contributed by atoms with van der Waals surface area (Å²) < 4.78 is 1.87. The Labute approximate surface area is 39.3 Å². The fourth-order valence-corrected chi connectivity index (χ4v) is 0.224. The summed E-state index contributed by atoms with van der Waals surface area (Å²) in [7, 11) is 3.87. The molecule has 0 fully saturated rings. The Kier molecular flexibility index (Phi) is 2.73. The minimum atomic E-state index is 0.757. The van der Waals surface area contributed by atoms with E-state index in [9.17, 15) is 0 Å². The molecule has 0 aromatic heterocycles. The first-order chi connectivity index (χ1) is 2.77. The molecule has 0 aliphatic rings. The molecule has 2 radical (unpaired) electrons. The Morgan fingerprint density at radius 2 is 2.17 bits per heavy atom. The molecule has 1 heteroatoms. The maximum atomic E-state index is 3.57. The van der Waals surface area contributed by atoms with E-state index >= 15 is 0 Å². The van der Waals surface area contributed by atoms with Crippen molar-refractivity contribution in [2.45, 2.75) is 6.42 Å². The van der Waals surface area contributed by atoms with Gasteiger partial charge < -0.3 is 0 Å². The predicted octanol–water partition coefficient (Wildman–Crippen LogP) is 0.430. The van der Waals surface area contributed by atoms with Crippen molar-refractivity contribution in [1.29, 1.82) is 0 Å². The van der Waals surface area contributed by atoms with Gasteiger partial charge in [-0.2, -0.15) is 0 Å². The van der Waals surface area contributed by atoms with Crippen molar-refractivity contribution in [2.75, 3.05) is 14.1 Å². The second kappa shape index (κ2) is 2.88. The van der Waals surface area contributed by atoms with Crippen LogP contribution in [0.3, 0.4) is 0 Å². The van der Waals surface area contributed by atoms with Crippen LogP contribution in [-0.2, 0) is 0 Å². The molecule has 0 aliphatic heterocycles. The summed E-state index contributed by atoms with van der Waals surface area (Å²) in [5, 5.41) is 0. The molecule has 0 saturated heterocycles. The Hall–Kier alpha value is -0.330. The maximum Gasteiger partial charge on any atom is 0.242 e. The third-order valence-corrected chi connectivity index (χ3v) is 0.428. The lowest BCUT2D eigenvalue weighted by molar-refractivity contribution is -0.460. The van der Waals surface area contributed by atoms with Gasteiger partial charge in [0.2, 0.25) is 6.21 Å². The summed E-state index contributed by atoms with van der Waals surface area (Å²) in [5.41, 5.74) is 0. The lowest BCUT2D eigenvalue weighted by Crippen LogP contribution is -1.95. The number of hydrogen-bond acceptors (Lipinski definition) is 0. The lowest BCUT2D eigenvalue weighted by Gasteiger charge is -1.74. The summed E-state index contributed by atoms with van der Waals surface area (Å²) in [6, 6.07) is 0. The molecule has 0 spiro atoms. The van der Waals surface area contributed by atoms with Gasteiger partial charge in [0.15, 0.2) is 0 Å².